The zero-order valence-corrected chi connectivity index (χ0v) is 7.00. The Balaban J connectivity index is 2.99. The Kier molecular flexibility index (Phi) is 1.91. The first kappa shape index (κ1) is 8.14. The number of aryl methyl sites for hydroxylation is 1. The van der Waals surface area contributed by atoms with Crippen molar-refractivity contribution in [1.29, 1.82) is 0 Å². The number of hydrogen-bond donors (Lipinski definition) is 1. The molecule has 0 aliphatic carbocycles. The number of aromatic nitrogens is 2. The van der Waals surface area contributed by atoms with Crippen LogP contribution in [-0.2, 0) is 5.60 Å². The van der Waals surface area contributed by atoms with E-state index < -0.39 is 5.60 Å². The second-order valence-electron chi connectivity index (χ2n) is 3.10. The van der Waals surface area contributed by atoms with Crippen molar-refractivity contribution in [2.24, 2.45) is 0 Å². The second-order valence-corrected chi connectivity index (χ2v) is 3.10. The number of aliphatic hydroxyl groups is 1. The van der Waals surface area contributed by atoms with Gasteiger partial charge in [-0.25, -0.2) is 0 Å². The van der Waals surface area contributed by atoms with E-state index in [0.29, 0.717) is 5.69 Å². The highest BCUT2D eigenvalue weighted by molar-refractivity contribution is 5.07. The van der Waals surface area contributed by atoms with Gasteiger partial charge in [-0.2, -0.15) is 0 Å². The molecule has 60 valence electrons. The molecule has 1 heterocycles. The van der Waals surface area contributed by atoms with Gasteiger partial charge in [0.05, 0.1) is 17.6 Å². The van der Waals surface area contributed by atoms with Crippen LogP contribution in [0.15, 0.2) is 12.4 Å². The quantitative estimate of drug-likeness (QED) is 0.653. The standard InChI is InChI=1S/C8H12N2O/c1-6-4-10-7(5-9-6)8(2,3)11/h4-5,11H,1-3H3. The van der Waals surface area contributed by atoms with Crippen LogP contribution in [0.5, 0.6) is 0 Å². The van der Waals surface area contributed by atoms with Crippen LogP contribution in [0.4, 0.5) is 0 Å². The van der Waals surface area contributed by atoms with Crippen LogP contribution < -0.4 is 0 Å². The molecule has 3 nitrogen and oxygen atoms in total. The summed E-state index contributed by atoms with van der Waals surface area (Å²) in [6.45, 7) is 5.24. The highest BCUT2D eigenvalue weighted by Crippen LogP contribution is 2.14. The molecule has 0 amide bonds. The molecule has 0 saturated carbocycles. The van der Waals surface area contributed by atoms with Gasteiger partial charge in [0.1, 0.15) is 5.60 Å². The van der Waals surface area contributed by atoms with Crippen molar-refractivity contribution >= 4 is 0 Å². The van der Waals surface area contributed by atoms with Crippen LogP contribution in [0.2, 0.25) is 0 Å². The third-order valence-electron chi connectivity index (χ3n) is 1.41. The fraction of sp³-hybridized carbons (Fsp3) is 0.500. The Morgan fingerprint density at radius 3 is 2.27 bits per heavy atom. The van der Waals surface area contributed by atoms with Crippen molar-refractivity contribution in [1.82, 2.24) is 9.97 Å². The first-order valence-corrected chi connectivity index (χ1v) is 3.51. The zero-order chi connectivity index (χ0) is 8.48. The third kappa shape index (κ3) is 1.98. The van der Waals surface area contributed by atoms with Crippen molar-refractivity contribution in [3.05, 3.63) is 23.8 Å². The highest BCUT2D eigenvalue weighted by Gasteiger charge is 2.17. The number of nitrogens with zero attached hydrogens (tertiary/aromatic N) is 2. The van der Waals surface area contributed by atoms with Gasteiger partial charge in [-0.15, -0.1) is 0 Å². The lowest BCUT2D eigenvalue weighted by Gasteiger charge is -2.15. The summed E-state index contributed by atoms with van der Waals surface area (Å²) in [5, 5.41) is 9.48. The highest BCUT2D eigenvalue weighted by atomic mass is 16.3. The topological polar surface area (TPSA) is 46.0 Å². The molecule has 0 aliphatic rings. The smallest absolute Gasteiger partial charge is 0.102 e. The van der Waals surface area contributed by atoms with Crippen LogP contribution >= 0.6 is 0 Å². The maximum Gasteiger partial charge on any atom is 0.102 e. The molecule has 0 radical (unpaired) electrons. The van der Waals surface area contributed by atoms with Crippen molar-refractivity contribution in [3.8, 4) is 0 Å². The normalized spacial score (nSPS) is 11.6. The molecule has 0 aliphatic heterocycles. The van der Waals surface area contributed by atoms with Crippen LogP contribution in [0.3, 0.4) is 0 Å². The van der Waals surface area contributed by atoms with Crippen molar-refractivity contribution < 1.29 is 5.11 Å². The van der Waals surface area contributed by atoms with Crippen LogP contribution in [0.1, 0.15) is 25.2 Å². The van der Waals surface area contributed by atoms with E-state index >= 15 is 0 Å². The van der Waals surface area contributed by atoms with Crippen molar-refractivity contribution in [2.45, 2.75) is 26.4 Å². The molecule has 1 aromatic rings. The van der Waals surface area contributed by atoms with Gasteiger partial charge in [0.2, 0.25) is 0 Å². The Hall–Kier alpha value is -0.960. The van der Waals surface area contributed by atoms with E-state index in [4.69, 9.17) is 0 Å². The molecular formula is C8H12N2O. The monoisotopic (exact) mass is 152 g/mol. The van der Waals surface area contributed by atoms with Crippen LogP contribution in [-0.4, -0.2) is 15.1 Å². The van der Waals surface area contributed by atoms with E-state index in [1.165, 1.54) is 0 Å². The number of hydrogen-bond acceptors (Lipinski definition) is 3. The minimum absolute atomic E-state index is 0.600. The Bertz CT molecular complexity index is 235. The lowest BCUT2D eigenvalue weighted by molar-refractivity contribution is 0.0734. The van der Waals surface area contributed by atoms with Crippen LogP contribution in [0, 0.1) is 6.92 Å². The van der Waals surface area contributed by atoms with E-state index in [2.05, 4.69) is 9.97 Å². The average Bonchev–Trinajstić information content (AvgIpc) is 1.86. The van der Waals surface area contributed by atoms with E-state index in [-0.39, 0.29) is 0 Å². The van der Waals surface area contributed by atoms with E-state index in [1.54, 1.807) is 26.2 Å². The average molecular weight is 152 g/mol. The summed E-state index contributed by atoms with van der Waals surface area (Å²) in [5.41, 5.74) is 0.571. The molecule has 1 aromatic heterocycles. The summed E-state index contributed by atoms with van der Waals surface area (Å²) in [6.07, 6.45) is 3.24. The molecule has 0 aromatic carbocycles. The molecular weight excluding hydrogens is 140 g/mol. The number of rotatable bonds is 1. The minimum atomic E-state index is -0.888. The second kappa shape index (κ2) is 2.58. The minimum Gasteiger partial charge on any atom is -0.384 e. The summed E-state index contributed by atoms with van der Waals surface area (Å²) in [4.78, 5) is 8.06. The summed E-state index contributed by atoms with van der Waals surface area (Å²) in [7, 11) is 0. The fourth-order valence-corrected chi connectivity index (χ4v) is 0.709. The summed E-state index contributed by atoms with van der Waals surface area (Å²) in [6, 6.07) is 0. The maximum atomic E-state index is 9.48. The van der Waals surface area contributed by atoms with Gasteiger partial charge in [0.25, 0.3) is 0 Å². The van der Waals surface area contributed by atoms with Gasteiger partial charge in [0, 0.05) is 6.20 Å². The Labute approximate surface area is 66.1 Å². The molecule has 0 saturated heterocycles. The van der Waals surface area contributed by atoms with Gasteiger partial charge in [-0.05, 0) is 20.8 Å². The summed E-state index contributed by atoms with van der Waals surface area (Å²) in [5.74, 6) is 0. The molecule has 11 heavy (non-hydrogen) atoms. The van der Waals surface area contributed by atoms with Gasteiger partial charge in [0.15, 0.2) is 0 Å². The van der Waals surface area contributed by atoms with Gasteiger partial charge in [-0.3, -0.25) is 9.97 Å². The molecule has 1 rings (SSSR count). The summed E-state index contributed by atoms with van der Waals surface area (Å²) < 4.78 is 0. The lowest BCUT2D eigenvalue weighted by atomic mass is 10.1. The lowest BCUT2D eigenvalue weighted by Crippen LogP contribution is -2.17. The van der Waals surface area contributed by atoms with E-state index in [0.717, 1.165) is 5.69 Å². The van der Waals surface area contributed by atoms with E-state index in [9.17, 15) is 5.11 Å². The third-order valence-corrected chi connectivity index (χ3v) is 1.41. The molecule has 0 atom stereocenters. The fourth-order valence-electron chi connectivity index (χ4n) is 0.709. The van der Waals surface area contributed by atoms with Gasteiger partial charge in [-0.1, -0.05) is 0 Å². The first-order valence-electron chi connectivity index (χ1n) is 3.51. The molecule has 3 heteroatoms. The molecule has 0 unspecified atom stereocenters. The van der Waals surface area contributed by atoms with Crippen LogP contribution in [0.25, 0.3) is 0 Å². The maximum absolute atomic E-state index is 9.48. The van der Waals surface area contributed by atoms with Gasteiger partial charge >= 0.3 is 0 Å². The molecule has 0 fully saturated rings. The molecule has 0 spiro atoms. The van der Waals surface area contributed by atoms with Gasteiger partial charge < -0.3 is 5.11 Å². The zero-order valence-electron chi connectivity index (χ0n) is 7.00. The largest absolute Gasteiger partial charge is 0.384 e. The molecule has 0 bridgehead atoms. The van der Waals surface area contributed by atoms with E-state index in [1.807, 2.05) is 6.92 Å². The molecule has 1 N–H and O–H groups in total. The Morgan fingerprint density at radius 2 is 1.91 bits per heavy atom. The van der Waals surface area contributed by atoms with Crippen molar-refractivity contribution in [2.75, 3.05) is 0 Å². The Morgan fingerprint density at radius 1 is 1.27 bits per heavy atom. The SMILES string of the molecule is Cc1cnc(C(C)(C)O)cn1. The van der Waals surface area contributed by atoms with Crippen molar-refractivity contribution in [3.63, 3.8) is 0 Å². The predicted molar refractivity (Wildman–Crippen MR) is 42.0 cm³/mol. The predicted octanol–water partition coefficient (Wildman–Crippen LogP) is 1.01. The first-order chi connectivity index (χ1) is 5.00. The summed E-state index contributed by atoms with van der Waals surface area (Å²) >= 11 is 0.